The van der Waals surface area contributed by atoms with Gasteiger partial charge in [0.15, 0.2) is 0 Å². The van der Waals surface area contributed by atoms with Crippen LogP contribution in [0.2, 0.25) is 0 Å². The first-order valence-corrected chi connectivity index (χ1v) is 9.38. The molecule has 130 valence electrons. The molecule has 0 unspecified atom stereocenters. The zero-order valence-corrected chi connectivity index (χ0v) is 15.0. The summed E-state index contributed by atoms with van der Waals surface area (Å²) in [5.74, 6) is 0. The quantitative estimate of drug-likeness (QED) is 0.420. The third-order valence-electron chi connectivity index (χ3n) is 5.13. The molecule has 0 bridgehead atoms. The molecule has 0 saturated heterocycles. The van der Waals surface area contributed by atoms with Gasteiger partial charge in [-0.25, -0.2) is 0 Å². The van der Waals surface area contributed by atoms with E-state index in [-0.39, 0.29) is 0 Å². The Hall–Kier alpha value is -3.39. The first kappa shape index (κ1) is 15.8. The highest BCUT2D eigenvalue weighted by atomic mass is 15.5. The van der Waals surface area contributed by atoms with Gasteiger partial charge in [0.05, 0.1) is 5.69 Å². The van der Waals surface area contributed by atoms with Gasteiger partial charge in [-0.05, 0) is 45.8 Å². The average molecular weight is 348 g/mol. The molecule has 0 atom stereocenters. The first-order chi connectivity index (χ1) is 13.4. The Kier molecular flexibility index (Phi) is 3.95. The van der Waals surface area contributed by atoms with Crippen molar-refractivity contribution in [3.05, 3.63) is 91.0 Å². The van der Waals surface area contributed by atoms with Crippen LogP contribution in [0.4, 0.5) is 5.69 Å². The highest BCUT2D eigenvalue weighted by Gasteiger charge is 2.15. The number of hydrogen-bond donors (Lipinski definition) is 0. The number of hydrazone groups is 1. The molecule has 2 nitrogen and oxygen atoms in total. The number of hydrogen-bond acceptors (Lipinski definition) is 2. The van der Waals surface area contributed by atoms with Crippen LogP contribution in [0, 0.1) is 0 Å². The number of anilines is 1. The molecule has 0 spiro atoms. The summed E-state index contributed by atoms with van der Waals surface area (Å²) in [5, 5.41) is 9.20. The monoisotopic (exact) mass is 348 g/mol. The van der Waals surface area contributed by atoms with Crippen molar-refractivity contribution in [2.45, 2.75) is 6.42 Å². The van der Waals surface area contributed by atoms with E-state index < -0.39 is 0 Å². The second kappa shape index (κ2) is 6.73. The second-order valence-electron chi connectivity index (χ2n) is 6.84. The molecule has 27 heavy (non-hydrogen) atoms. The molecule has 0 fully saturated rings. The van der Waals surface area contributed by atoms with Crippen LogP contribution in [0.3, 0.4) is 0 Å². The van der Waals surface area contributed by atoms with Crippen LogP contribution < -0.4 is 5.01 Å². The van der Waals surface area contributed by atoms with Crippen molar-refractivity contribution >= 4 is 22.7 Å². The predicted octanol–water partition coefficient (Wildman–Crippen LogP) is 6.37. The molecular weight excluding hydrogens is 328 g/mol. The van der Waals surface area contributed by atoms with Crippen molar-refractivity contribution in [1.29, 1.82) is 0 Å². The molecule has 0 saturated carbocycles. The fourth-order valence-corrected chi connectivity index (χ4v) is 3.83. The lowest BCUT2D eigenvalue weighted by Crippen LogP contribution is -2.12. The molecule has 0 radical (unpaired) electrons. The standard InChI is InChI=1S/C25H20N2/c1-3-9-19(10-4-1)21-17-23(20-11-5-2-6-12-20)22-13-7-14-25(24(22)18-21)27-16-8-15-26-27/h1-7,9-15,17-18H,8,16H2. The van der Waals surface area contributed by atoms with Gasteiger partial charge in [0.25, 0.3) is 0 Å². The molecule has 0 aromatic heterocycles. The van der Waals surface area contributed by atoms with Crippen LogP contribution >= 0.6 is 0 Å². The van der Waals surface area contributed by atoms with Gasteiger partial charge < -0.3 is 0 Å². The summed E-state index contributed by atoms with van der Waals surface area (Å²) in [6.07, 6.45) is 3.00. The van der Waals surface area contributed by atoms with Crippen LogP contribution in [-0.2, 0) is 0 Å². The molecule has 4 aromatic rings. The summed E-state index contributed by atoms with van der Waals surface area (Å²) < 4.78 is 0. The maximum atomic E-state index is 4.57. The Balaban J connectivity index is 1.82. The minimum atomic E-state index is 0.940. The number of nitrogens with zero attached hydrogens (tertiary/aromatic N) is 2. The summed E-state index contributed by atoms with van der Waals surface area (Å²) in [6, 6.07) is 32.4. The molecule has 0 amide bonds. The maximum absolute atomic E-state index is 4.57. The predicted molar refractivity (Wildman–Crippen MR) is 115 cm³/mol. The SMILES string of the molecule is C1=NN(c2cccc3c(-c4ccccc4)cc(-c4ccccc4)cc23)CC1. The van der Waals surface area contributed by atoms with Crippen molar-refractivity contribution in [1.82, 2.24) is 0 Å². The van der Waals surface area contributed by atoms with Crippen LogP contribution in [0.25, 0.3) is 33.0 Å². The Bertz CT molecular complexity index is 1120. The van der Waals surface area contributed by atoms with Gasteiger partial charge in [0, 0.05) is 24.6 Å². The zero-order valence-electron chi connectivity index (χ0n) is 15.0. The lowest BCUT2D eigenvalue weighted by molar-refractivity contribution is 0.927. The van der Waals surface area contributed by atoms with Crippen LogP contribution in [0.15, 0.2) is 96.1 Å². The number of benzene rings is 4. The van der Waals surface area contributed by atoms with Crippen molar-refractivity contribution in [2.24, 2.45) is 5.10 Å². The molecule has 5 rings (SSSR count). The third-order valence-corrected chi connectivity index (χ3v) is 5.13. The lowest BCUT2D eigenvalue weighted by atomic mass is 9.92. The Morgan fingerprint density at radius 1 is 0.630 bits per heavy atom. The highest BCUT2D eigenvalue weighted by Crippen LogP contribution is 2.38. The Morgan fingerprint density at radius 2 is 1.37 bits per heavy atom. The van der Waals surface area contributed by atoms with Gasteiger partial charge in [0.1, 0.15) is 0 Å². The third kappa shape index (κ3) is 2.89. The van der Waals surface area contributed by atoms with E-state index in [9.17, 15) is 0 Å². The topological polar surface area (TPSA) is 15.6 Å². The summed E-state index contributed by atoms with van der Waals surface area (Å²) in [5.41, 5.74) is 6.14. The number of fused-ring (bicyclic) bond motifs is 1. The summed E-state index contributed by atoms with van der Waals surface area (Å²) in [4.78, 5) is 0. The maximum Gasteiger partial charge on any atom is 0.0672 e. The summed E-state index contributed by atoms with van der Waals surface area (Å²) in [7, 11) is 0. The van der Waals surface area contributed by atoms with E-state index in [1.165, 1.54) is 38.7 Å². The van der Waals surface area contributed by atoms with E-state index in [1.807, 2.05) is 6.21 Å². The van der Waals surface area contributed by atoms with Gasteiger partial charge >= 0.3 is 0 Å². The minimum Gasteiger partial charge on any atom is -0.265 e. The average Bonchev–Trinajstić information content (AvgIpc) is 3.28. The minimum absolute atomic E-state index is 0.940. The molecule has 1 aliphatic heterocycles. The normalized spacial score (nSPS) is 13.4. The summed E-state index contributed by atoms with van der Waals surface area (Å²) >= 11 is 0. The van der Waals surface area contributed by atoms with Gasteiger partial charge in [-0.1, -0.05) is 72.8 Å². The van der Waals surface area contributed by atoms with Crippen molar-refractivity contribution in [2.75, 3.05) is 11.6 Å². The molecule has 0 aliphatic carbocycles. The van der Waals surface area contributed by atoms with E-state index in [4.69, 9.17) is 0 Å². The van der Waals surface area contributed by atoms with Crippen LogP contribution in [0.1, 0.15) is 6.42 Å². The van der Waals surface area contributed by atoms with Crippen molar-refractivity contribution in [3.63, 3.8) is 0 Å². The van der Waals surface area contributed by atoms with Gasteiger partial charge in [0.2, 0.25) is 0 Å². The molecule has 0 N–H and O–H groups in total. The Labute approximate surface area is 159 Å². The van der Waals surface area contributed by atoms with Crippen molar-refractivity contribution in [3.8, 4) is 22.3 Å². The van der Waals surface area contributed by atoms with Crippen LogP contribution in [0.5, 0.6) is 0 Å². The molecule has 2 heteroatoms. The summed E-state index contributed by atoms with van der Waals surface area (Å²) in [6.45, 7) is 0.940. The van der Waals surface area contributed by atoms with E-state index in [0.717, 1.165) is 13.0 Å². The van der Waals surface area contributed by atoms with E-state index in [1.54, 1.807) is 0 Å². The van der Waals surface area contributed by atoms with E-state index in [0.29, 0.717) is 0 Å². The highest BCUT2D eigenvalue weighted by molar-refractivity contribution is 6.06. The van der Waals surface area contributed by atoms with Crippen LogP contribution in [-0.4, -0.2) is 12.8 Å². The molecule has 1 heterocycles. The van der Waals surface area contributed by atoms with E-state index >= 15 is 0 Å². The van der Waals surface area contributed by atoms with Gasteiger partial charge in [-0.15, -0.1) is 0 Å². The zero-order chi connectivity index (χ0) is 18.1. The lowest BCUT2D eigenvalue weighted by Gasteiger charge is -2.19. The van der Waals surface area contributed by atoms with Crippen molar-refractivity contribution < 1.29 is 0 Å². The largest absolute Gasteiger partial charge is 0.265 e. The molecule has 4 aromatic carbocycles. The fourth-order valence-electron chi connectivity index (χ4n) is 3.83. The Morgan fingerprint density at radius 3 is 2.07 bits per heavy atom. The second-order valence-corrected chi connectivity index (χ2v) is 6.84. The molecular formula is C25H20N2. The first-order valence-electron chi connectivity index (χ1n) is 9.38. The van der Waals surface area contributed by atoms with E-state index in [2.05, 4.69) is 101 Å². The number of rotatable bonds is 3. The molecule has 1 aliphatic rings. The van der Waals surface area contributed by atoms with Gasteiger partial charge in [-0.3, -0.25) is 5.01 Å². The fraction of sp³-hybridized carbons (Fsp3) is 0.0800. The van der Waals surface area contributed by atoms with Gasteiger partial charge in [-0.2, -0.15) is 5.10 Å². The smallest absolute Gasteiger partial charge is 0.0672 e.